The number of halogens is 1. The average molecular weight is 296 g/mol. The number of para-hydroxylation sites is 1. The van der Waals surface area contributed by atoms with Crippen LogP contribution in [0.2, 0.25) is 0 Å². The third-order valence-corrected chi connectivity index (χ3v) is 3.66. The molecule has 1 atom stereocenters. The van der Waals surface area contributed by atoms with Crippen molar-refractivity contribution in [1.29, 1.82) is 0 Å². The van der Waals surface area contributed by atoms with E-state index in [0.29, 0.717) is 5.69 Å². The third kappa shape index (κ3) is 2.20. The number of oxime groups is 1. The molecular weight excluding hydrogens is 283 g/mol. The molecule has 2 aromatic carbocycles. The molecule has 0 saturated carbocycles. The fourth-order valence-electron chi connectivity index (χ4n) is 2.56. The van der Waals surface area contributed by atoms with Crippen molar-refractivity contribution in [1.82, 2.24) is 0 Å². The van der Waals surface area contributed by atoms with E-state index >= 15 is 4.39 Å². The van der Waals surface area contributed by atoms with Crippen LogP contribution >= 0.6 is 0 Å². The minimum Gasteiger partial charge on any atom is -0.410 e. The minimum absolute atomic E-state index is 0.151. The van der Waals surface area contributed by atoms with Crippen LogP contribution in [0, 0.1) is 0 Å². The summed E-state index contributed by atoms with van der Waals surface area (Å²) in [6, 6.07) is 14.8. The Hall–Kier alpha value is -2.82. The van der Waals surface area contributed by atoms with Crippen molar-refractivity contribution in [2.24, 2.45) is 10.1 Å². The van der Waals surface area contributed by atoms with Crippen LogP contribution in [0.3, 0.4) is 0 Å². The molecule has 0 fully saturated rings. The Balaban J connectivity index is 2.08. The number of benzene rings is 2. The largest absolute Gasteiger partial charge is 0.410 e. The number of Topliss-reactive ketones (excluding diaryl/α,β-unsaturated/α-hetero) is 1. The van der Waals surface area contributed by atoms with Crippen LogP contribution in [-0.4, -0.2) is 22.9 Å². The summed E-state index contributed by atoms with van der Waals surface area (Å²) in [5.41, 5.74) is -1.79. The topological polar surface area (TPSA) is 62.0 Å². The summed E-state index contributed by atoms with van der Waals surface area (Å²) in [6.45, 7) is 0. The van der Waals surface area contributed by atoms with Crippen LogP contribution in [0.1, 0.15) is 22.3 Å². The third-order valence-electron chi connectivity index (χ3n) is 3.66. The molecule has 22 heavy (non-hydrogen) atoms. The van der Waals surface area contributed by atoms with Gasteiger partial charge in [-0.1, -0.05) is 53.7 Å². The summed E-state index contributed by atoms with van der Waals surface area (Å²) in [5.74, 6) is -0.643. The molecule has 0 amide bonds. The molecule has 0 saturated heterocycles. The van der Waals surface area contributed by atoms with Crippen LogP contribution < -0.4 is 0 Å². The molecule has 0 spiro atoms. The number of hydrogen-bond acceptors (Lipinski definition) is 4. The summed E-state index contributed by atoms with van der Waals surface area (Å²) in [6.07, 6.45) is 1.24. The van der Waals surface area contributed by atoms with E-state index in [9.17, 15) is 10.0 Å². The van der Waals surface area contributed by atoms with Crippen molar-refractivity contribution < 1.29 is 14.4 Å². The van der Waals surface area contributed by atoms with E-state index in [1.165, 1.54) is 6.21 Å². The number of alkyl halides is 1. The average Bonchev–Trinajstić information content (AvgIpc) is 2.56. The van der Waals surface area contributed by atoms with Crippen molar-refractivity contribution in [2.45, 2.75) is 12.1 Å². The lowest BCUT2D eigenvalue weighted by molar-refractivity contribution is 0.103. The Morgan fingerprint density at radius 2 is 1.82 bits per heavy atom. The number of nitrogens with zero attached hydrogens (tertiary/aromatic N) is 2. The number of carbonyl (C=O) groups excluding carboxylic acids is 1. The van der Waals surface area contributed by atoms with Crippen LogP contribution in [0.15, 0.2) is 64.7 Å². The van der Waals surface area contributed by atoms with Gasteiger partial charge in [-0.25, -0.2) is 4.39 Å². The second kappa shape index (κ2) is 5.52. The van der Waals surface area contributed by atoms with Gasteiger partial charge in [-0.3, -0.25) is 9.79 Å². The first-order valence-electron chi connectivity index (χ1n) is 6.80. The smallest absolute Gasteiger partial charge is 0.214 e. The highest BCUT2D eigenvalue weighted by molar-refractivity contribution is 6.48. The maximum atomic E-state index is 15.6. The fraction of sp³-hybridized carbons (Fsp3) is 0.118. The SMILES string of the molecule is O=C(C(=NO)C1(F)CC=Nc2ccccc21)c1ccccc1. The van der Waals surface area contributed by atoms with Gasteiger partial charge in [0.1, 0.15) is 0 Å². The number of aliphatic imine (C=N–C) groups is 1. The van der Waals surface area contributed by atoms with Gasteiger partial charge in [-0.2, -0.15) is 0 Å². The van der Waals surface area contributed by atoms with Gasteiger partial charge < -0.3 is 5.21 Å². The zero-order valence-electron chi connectivity index (χ0n) is 11.6. The fourth-order valence-corrected chi connectivity index (χ4v) is 2.56. The van der Waals surface area contributed by atoms with E-state index in [4.69, 9.17) is 0 Å². The quantitative estimate of drug-likeness (QED) is 0.406. The Morgan fingerprint density at radius 1 is 1.14 bits per heavy atom. The summed E-state index contributed by atoms with van der Waals surface area (Å²) < 4.78 is 15.6. The van der Waals surface area contributed by atoms with Gasteiger partial charge in [0.15, 0.2) is 11.4 Å². The molecule has 1 aliphatic rings. The molecule has 0 aromatic heterocycles. The Kier molecular flexibility index (Phi) is 3.55. The lowest BCUT2D eigenvalue weighted by atomic mass is 9.82. The van der Waals surface area contributed by atoms with Crippen molar-refractivity contribution in [3.63, 3.8) is 0 Å². The zero-order chi connectivity index (χ0) is 15.6. The summed E-state index contributed by atoms with van der Waals surface area (Å²) in [5, 5.41) is 12.3. The van der Waals surface area contributed by atoms with Gasteiger partial charge in [0, 0.05) is 23.8 Å². The summed E-state index contributed by atoms with van der Waals surface area (Å²) in [4.78, 5) is 16.6. The lowest BCUT2D eigenvalue weighted by Gasteiger charge is -2.28. The van der Waals surface area contributed by atoms with E-state index in [1.807, 2.05) is 0 Å². The molecule has 1 N–H and O–H groups in total. The molecule has 0 bridgehead atoms. The Morgan fingerprint density at radius 3 is 2.55 bits per heavy atom. The van der Waals surface area contributed by atoms with Crippen LogP contribution in [0.5, 0.6) is 0 Å². The van der Waals surface area contributed by atoms with E-state index in [2.05, 4.69) is 10.1 Å². The van der Waals surface area contributed by atoms with Gasteiger partial charge in [-0.15, -0.1) is 0 Å². The minimum atomic E-state index is -2.19. The highest BCUT2D eigenvalue weighted by atomic mass is 19.1. The van der Waals surface area contributed by atoms with Crippen molar-refractivity contribution in [3.8, 4) is 0 Å². The van der Waals surface area contributed by atoms with E-state index in [0.717, 1.165) is 0 Å². The number of hydrogen-bond donors (Lipinski definition) is 1. The van der Waals surface area contributed by atoms with Crippen LogP contribution in [0.4, 0.5) is 10.1 Å². The predicted molar refractivity (Wildman–Crippen MR) is 82.0 cm³/mol. The number of fused-ring (bicyclic) bond motifs is 1. The molecule has 1 heterocycles. The standard InChI is InChI=1S/C17H13FN2O2/c18-17(10-11-19-14-9-5-4-8-13(14)17)16(20-22)15(21)12-6-2-1-3-7-12/h1-9,11,22H,10H2. The molecule has 1 aliphatic heterocycles. The van der Waals surface area contributed by atoms with Crippen molar-refractivity contribution in [2.75, 3.05) is 0 Å². The second-order valence-corrected chi connectivity index (χ2v) is 4.98. The zero-order valence-corrected chi connectivity index (χ0v) is 11.6. The van der Waals surface area contributed by atoms with E-state index in [-0.39, 0.29) is 17.5 Å². The summed E-state index contributed by atoms with van der Waals surface area (Å²) in [7, 11) is 0. The van der Waals surface area contributed by atoms with Gasteiger partial charge in [0.25, 0.3) is 0 Å². The number of carbonyl (C=O) groups is 1. The van der Waals surface area contributed by atoms with Gasteiger partial charge in [-0.05, 0) is 6.07 Å². The molecular formula is C17H13FN2O2. The highest BCUT2D eigenvalue weighted by Gasteiger charge is 2.45. The predicted octanol–water partition coefficient (Wildman–Crippen LogP) is 3.67. The van der Waals surface area contributed by atoms with Gasteiger partial charge >= 0.3 is 0 Å². The van der Waals surface area contributed by atoms with Crippen LogP contribution in [0.25, 0.3) is 0 Å². The molecule has 3 rings (SSSR count). The van der Waals surface area contributed by atoms with E-state index in [1.54, 1.807) is 54.6 Å². The molecule has 1 unspecified atom stereocenters. The number of ketones is 1. The van der Waals surface area contributed by atoms with Crippen molar-refractivity contribution >= 4 is 23.4 Å². The highest BCUT2D eigenvalue weighted by Crippen LogP contribution is 2.40. The normalized spacial score (nSPS) is 20.5. The van der Waals surface area contributed by atoms with Crippen LogP contribution in [-0.2, 0) is 5.67 Å². The van der Waals surface area contributed by atoms with Gasteiger partial charge in [0.05, 0.1) is 5.69 Å². The lowest BCUT2D eigenvalue weighted by Crippen LogP contribution is -2.38. The molecule has 5 heteroatoms. The maximum Gasteiger partial charge on any atom is 0.214 e. The summed E-state index contributed by atoms with van der Waals surface area (Å²) >= 11 is 0. The first kappa shape index (κ1) is 14.1. The Bertz CT molecular complexity index is 771. The molecule has 2 aromatic rings. The first-order chi connectivity index (χ1) is 10.7. The van der Waals surface area contributed by atoms with Gasteiger partial charge in [0.2, 0.25) is 5.78 Å². The molecule has 0 radical (unpaired) electrons. The maximum absolute atomic E-state index is 15.6. The number of rotatable bonds is 3. The monoisotopic (exact) mass is 296 g/mol. The van der Waals surface area contributed by atoms with E-state index < -0.39 is 17.2 Å². The molecule has 4 nitrogen and oxygen atoms in total. The molecule has 0 aliphatic carbocycles. The first-order valence-corrected chi connectivity index (χ1v) is 6.80. The Labute approximate surface area is 126 Å². The van der Waals surface area contributed by atoms with Crippen molar-refractivity contribution in [3.05, 3.63) is 65.7 Å². The second-order valence-electron chi connectivity index (χ2n) is 4.98. The molecule has 110 valence electrons.